The van der Waals surface area contributed by atoms with E-state index in [1.807, 2.05) is 18.7 Å². The monoisotopic (exact) mass is 246 g/mol. The minimum Gasteiger partial charge on any atom is -0.462 e. The van der Waals surface area contributed by atoms with Gasteiger partial charge in [-0.05, 0) is 13.8 Å². The largest absolute Gasteiger partial charge is 0.462 e. The maximum atomic E-state index is 11.4. The van der Waals surface area contributed by atoms with Gasteiger partial charge in [-0.2, -0.15) is 0 Å². The van der Waals surface area contributed by atoms with Crippen molar-refractivity contribution >= 4 is 23.2 Å². The number of carbonyl (C=O) groups is 1. The Labute approximate surface area is 101 Å². The lowest BCUT2D eigenvalue weighted by Crippen LogP contribution is -2.49. The van der Waals surface area contributed by atoms with E-state index >= 15 is 0 Å². The van der Waals surface area contributed by atoms with Crippen LogP contribution < -0.4 is 5.73 Å². The number of carbonyl (C=O) groups excluding carboxylic acids is 1. The molecule has 1 rings (SSSR count). The van der Waals surface area contributed by atoms with Gasteiger partial charge in [0.15, 0.2) is 0 Å². The van der Waals surface area contributed by atoms with Crippen LogP contribution in [0, 0.1) is 0 Å². The molecule has 5 nitrogen and oxygen atoms in total. The molecule has 2 N–H and O–H groups in total. The van der Waals surface area contributed by atoms with E-state index in [4.69, 9.17) is 27.4 Å². The summed E-state index contributed by atoms with van der Waals surface area (Å²) in [6.07, 6.45) is -0.337. The van der Waals surface area contributed by atoms with Gasteiger partial charge in [0.25, 0.3) is 0 Å². The van der Waals surface area contributed by atoms with Gasteiger partial charge in [0.05, 0.1) is 19.3 Å². The van der Waals surface area contributed by atoms with Crippen LogP contribution in [0.1, 0.15) is 13.8 Å². The average Bonchev–Trinajstić information content (AvgIpc) is 2.16. The Morgan fingerprint density at radius 1 is 1.69 bits per heavy atom. The van der Waals surface area contributed by atoms with Crippen molar-refractivity contribution < 1.29 is 14.3 Å². The van der Waals surface area contributed by atoms with E-state index in [1.165, 1.54) is 0 Å². The number of ether oxygens (including phenoxy) is 2. The van der Waals surface area contributed by atoms with Crippen LogP contribution >= 0.6 is 12.2 Å². The van der Waals surface area contributed by atoms with Crippen LogP contribution in [0.25, 0.3) is 0 Å². The van der Waals surface area contributed by atoms with Gasteiger partial charge in [-0.25, -0.2) is 0 Å². The first-order valence-electron chi connectivity index (χ1n) is 5.31. The van der Waals surface area contributed by atoms with Gasteiger partial charge >= 0.3 is 5.97 Å². The summed E-state index contributed by atoms with van der Waals surface area (Å²) in [5.74, 6) is -0.224. The van der Waals surface area contributed by atoms with Crippen LogP contribution in [-0.4, -0.2) is 54.3 Å². The normalized spacial score (nSPS) is 22.1. The van der Waals surface area contributed by atoms with Crippen molar-refractivity contribution in [2.24, 2.45) is 5.73 Å². The SMILES string of the molecule is CC(C)OC(=O)CN1CCOC(C(N)=S)C1. The third-order valence-corrected chi connectivity index (χ3v) is 2.45. The highest BCUT2D eigenvalue weighted by Crippen LogP contribution is 2.05. The molecule has 1 unspecified atom stereocenters. The summed E-state index contributed by atoms with van der Waals surface area (Å²) >= 11 is 4.86. The van der Waals surface area contributed by atoms with E-state index in [0.29, 0.717) is 24.7 Å². The standard InChI is InChI=1S/C10H18N2O3S/c1-7(2)15-9(13)6-12-3-4-14-8(5-12)10(11)16/h7-8H,3-6H2,1-2H3,(H2,11,16). The van der Waals surface area contributed by atoms with Gasteiger partial charge in [0.1, 0.15) is 11.1 Å². The second-order valence-corrected chi connectivity index (χ2v) is 4.51. The Morgan fingerprint density at radius 2 is 2.38 bits per heavy atom. The van der Waals surface area contributed by atoms with E-state index in [1.54, 1.807) is 0 Å². The van der Waals surface area contributed by atoms with Crippen molar-refractivity contribution in [3.8, 4) is 0 Å². The molecule has 0 aromatic heterocycles. The molecule has 1 aliphatic rings. The minimum atomic E-state index is -0.254. The lowest BCUT2D eigenvalue weighted by atomic mass is 10.2. The fourth-order valence-corrected chi connectivity index (χ4v) is 1.64. The van der Waals surface area contributed by atoms with Gasteiger partial charge in [-0.3, -0.25) is 9.69 Å². The molecule has 0 bridgehead atoms. The molecule has 0 amide bonds. The lowest BCUT2D eigenvalue weighted by Gasteiger charge is -2.31. The van der Waals surface area contributed by atoms with E-state index in [9.17, 15) is 4.79 Å². The van der Waals surface area contributed by atoms with Crippen LogP contribution in [0.15, 0.2) is 0 Å². The molecule has 1 heterocycles. The van der Waals surface area contributed by atoms with Crippen molar-refractivity contribution in [1.29, 1.82) is 0 Å². The summed E-state index contributed by atoms with van der Waals surface area (Å²) in [5, 5.41) is 0. The molecule has 0 aromatic rings. The topological polar surface area (TPSA) is 64.8 Å². The minimum absolute atomic E-state index is 0.0834. The summed E-state index contributed by atoms with van der Waals surface area (Å²) in [4.78, 5) is 13.7. The molecule has 0 saturated carbocycles. The molecule has 1 saturated heterocycles. The zero-order valence-electron chi connectivity index (χ0n) is 9.64. The highest BCUT2D eigenvalue weighted by Gasteiger charge is 2.24. The van der Waals surface area contributed by atoms with Gasteiger partial charge in [-0.1, -0.05) is 12.2 Å². The predicted octanol–water partition coefficient (Wildman–Crippen LogP) is -0.0751. The number of morpholine rings is 1. The van der Waals surface area contributed by atoms with Gasteiger partial charge in [0, 0.05) is 13.1 Å². The Kier molecular flexibility index (Phi) is 5.11. The van der Waals surface area contributed by atoms with Crippen molar-refractivity contribution in [2.75, 3.05) is 26.2 Å². The second-order valence-electron chi connectivity index (χ2n) is 4.04. The number of nitrogens with two attached hydrogens (primary N) is 1. The van der Waals surface area contributed by atoms with E-state index in [0.717, 1.165) is 0 Å². The van der Waals surface area contributed by atoms with E-state index in [2.05, 4.69) is 0 Å². The number of rotatable bonds is 4. The van der Waals surface area contributed by atoms with Gasteiger partial charge in [0.2, 0.25) is 0 Å². The Hall–Kier alpha value is -0.720. The van der Waals surface area contributed by atoms with Gasteiger partial charge < -0.3 is 15.2 Å². The molecule has 16 heavy (non-hydrogen) atoms. The fraction of sp³-hybridized carbons (Fsp3) is 0.800. The van der Waals surface area contributed by atoms with E-state index in [-0.39, 0.29) is 24.7 Å². The molecule has 92 valence electrons. The molecule has 0 aromatic carbocycles. The maximum absolute atomic E-state index is 11.4. The first-order valence-corrected chi connectivity index (χ1v) is 5.72. The summed E-state index contributed by atoms with van der Waals surface area (Å²) in [7, 11) is 0. The molecule has 0 spiro atoms. The Bertz CT molecular complexity index is 271. The van der Waals surface area contributed by atoms with Crippen molar-refractivity contribution in [3.05, 3.63) is 0 Å². The molecule has 1 aliphatic heterocycles. The van der Waals surface area contributed by atoms with Crippen molar-refractivity contribution in [3.63, 3.8) is 0 Å². The molecule has 1 atom stereocenters. The van der Waals surface area contributed by atoms with Crippen LogP contribution in [-0.2, 0) is 14.3 Å². The number of hydrogen-bond acceptors (Lipinski definition) is 5. The molecule has 6 heteroatoms. The third kappa shape index (κ3) is 4.42. The quantitative estimate of drug-likeness (QED) is 0.553. The van der Waals surface area contributed by atoms with Crippen LogP contribution in [0.4, 0.5) is 0 Å². The first-order chi connectivity index (χ1) is 7.49. The maximum Gasteiger partial charge on any atom is 0.320 e. The van der Waals surface area contributed by atoms with Crippen LogP contribution in [0.2, 0.25) is 0 Å². The highest BCUT2D eigenvalue weighted by molar-refractivity contribution is 7.80. The van der Waals surface area contributed by atoms with E-state index < -0.39 is 0 Å². The first kappa shape index (κ1) is 13.3. The third-order valence-electron chi connectivity index (χ3n) is 2.19. The number of hydrogen-bond donors (Lipinski definition) is 1. The van der Waals surface area contributed by atoms with Crippen molar-refractivity contribution in [1.82, 2.24) is 4.90 Å². The summed E-state index contributed by atoms with van der Waals surface area (Å²) in [6, 6.07) is 0. The molecule has 1 fully saturated rings. The molecular weight excluding hydrogens is 228 g/mol. The number of thiocarbonyl (C=S) groups is 1. The number of nitrogens with zero attached hydrogens (tertiary/aromatic N) is 1. The van der Waals surface area contributed by atoms with Crippen LogP contribution in [0.5, 0.6) is 0 Å². The summed E-state index contributed by atoms with van der Waals surface area (Å²) in [6.45, 7) is 5.72. The zero-order valence-corrected chi connectivity index (χ0v) is 10.5. The average molecular weight is 246 g/mol. The molecule has 0 aliphatic carbocycles. The van der Waals surface area contributed by atoms with Crippen molar-refractivity contribution in [2.45, 2.75) is 26.1 Å². The second kappa shape index (κ2) is 6.12. The molecular formula is C10H18N2O3S. The molecule has 0 radical (unpaired) electrons. The van der Waals surface area contributed by atoms with Gasteiger partial charge in [-0.15, -0.1) is 0 Å². The summed E-state index contributed by atoms with van der Waals surface area (Å²) < 4.78 is 10.4. The number of esters is 1. The highest BCUT2D eigenvalue weighted by atomic mass is 32.1. The predicted molar refractivity (Wildman–Crippen MR) is 64.2 cm³/mol. The Balaban J connectivity index is 2.37. The lowest BCUT2D eigenvalue weighted by molar-refractivity contribution is -0.150. The Morgan fingerprint density at radius 3 is 2.94 bits per heavy atom. The van der Waals surface area contributed by atoms with Crippen LogP contribution in [0.3, 0.4) is 0 Å². The summed E-state index contributed by atoms with van der Waals surface area (Å²) in [5.41, 5.74) is 5.50. The zero-order chi connectivity index (χ0) is 12.1. The smallest absolute Gasteiger partial charge is 0.320 e. The fourth-order valence-electron chi connectivity index (χ4n) is 1.50.